The average Bonchev–Trinajstić information content (AvgIpc) is 3.53. The molecule has 1 atom stereocenters. The van der Waals surface area contributed by atoms with Crippen LogP contribution in [0, 0.1) is 0 Å². The van der Waals surface area contributed by atoms with Crippen molar-refractivity contribution < 1.29 is 19.1 Å². The lowest BCUT2D eigenvalue weighted by Crippen LogP contribution is -2.46. The summed E-state index contributed by atoms with van der Waals surface area (Å²) >= 11 is 0. The topological polar surface area (TPSA) is 85.7 Å². The molecular formula is C25H32N4O4. The van der Waals surface area contributed by atoms with Crippen LogP contribution >= 0.6 is 0 Å². The van der Waals surface area contributed by atoms with E-state index in [1.54, 1.807) is 0 Å². The second-order valence-corrected chi connectivity index (χ2v) is 10.2. The van der Waals surface area contributed by atoms with Crippen molar-refractivity contribution in [1.82, 2.24) is 20.0 Å². The van der Waals surface area contributed by atoms with Gasteiger partial charge in [-0.2, -0.15) is 5.10 Å². The summed E-state index contributed by atoms with van der Waals surface area (Å²) in [6.07, 6.45) is 3.49. The lowest BCUT2D eigenvalue weighted by molar-refractivity contribution is -0.131. The minimum absolute atomic E-state index is 0.141. The highest BCUT2D eigenvalue weighted by Crippen LogP contribution is 2.43. The van der Waals surface area contributed by atoms with Crippen LogP contribution in [0.2, 0.25) is 0 Å². The molecule has 3 aliphatic rings. The van der Waals surface area contributed by atoms with Crippen molar-refractivity contribution in [3.05, 3.63) is 40.7 Å². The standard InChI is InChI=1S/C25H32N4O4/c1-15(30)32-22-13-17(16-5-6-16)7-8-19(22)29-20-10-12-28(24(31)33-25(2,3)4)21-14-26-11-9-18(27-29)23(20)21/h7-8,13,16,21,26H,5-6,9-12,14H2,1-4H3/t21-/m0/s1. The van der Waals surface area contributed by atoms with Crippen molar-refractivity contribution in [1.29, 1.82) is 0 Å². The Bertz CT molecular complexity index is 1100. The van der Waals surface area contributed by atoms with E-state index in [4.69, 9.17) is 14.6 Å². The molecule has 8 nitrogen and oxygen atoms in total. The van der Waals surface area contributed by atoms with Gasteiger partial charge < -0.3 is 14.8 Å². The highest BCUT2D eigenvalue weighted by Gasteiger charge is 2.39. The molecule has 2 aliphatic heterocycles. The third kappa shape index (κ3) is 4.36. The predicted octanol–water partition coefficient (Wildman–Crippen LogP) is 3.66. The highest BCUT2D eigenvalue weighted by molar-refractivity contribution is 5.72. The highest BCUT2D eigenvalue weighted by atomic mass is 16.6. The van der Waals surface area contributed by atoms with Gasteiger partial charge in [-0.3, -0.25) is 9.69 Å². The molecule has 1 saturated carbocycles. The Morgan fingerprint density at radius 1 is 1.18 bits per heavy atom. The molecule has 0 saturated heterocycles. The molecule has 1 aromatic carbocycles. The van der Waals surface area contributed by atoms with E-state index in [1.165, 1.54) is 25.3 Å². The van der Waals surface area contributed by atoms with Gasteiger partial charge in [0.25, 0.3) is 0 Å². The van der Waals surface area contributed by atoms with E-state index in [9.17, 15) is 9.59 Å². The minimum Gasteiger partial charge on any atom is -0.444 e. The summed E-state index contributed by atoms with van der Waals surface area (Å²) in [6.45, 7) is 9.07. The smallest absolute Gasteiger partial charge is 0.410 e. The molecular weight excluding hydrogens is 420 g/mol. The zero-order valence-corrected chi connectivity index (χ0v) is 19.8. The molecule has 1 amide bonds. The Morgan fingerprint density at radius 3 is 2.67 bits per heavy atom. The molecule has 0 bridgehead atoms. The number of amides is 1. The molecule has 0 unspecified atom stereocenters. The fourth-order valence-electron chi connectivity index (χ4n) is 4.87. The van der Waals surface area contributed by atoms with E-state index < -0.39 is 5.60 Å². The van der Waals surface area contributed by atoms with Gasteiger partial charge in [0, 0.05) is 45.0 Å². The minimum atomic E-state index is -0.551. The first-order valence-electron chi connectivity index (χ1n) is 11.8. The lowest BCUT2D eigenvalue weighted by atomic mass is 9.96. The van der Waals surface area contributed by atoms with E-state index in [2.05, 4.69) is 11.4 Å². The van der Waals surface area contributed by atoms with Gasteiger partial charge in [0.1, 0.15) is 11.3 Å². The van der Waals surface area contributed by atoms with Crippen LogP contribution < -0.4 is 10.1 Å². The number of aromatic nitrogens is 2. The largest absolute Gasteiger partial charge is 0.444 e. The number of rotatable bonds is 3. The van der Waals surface area contributed by atoms with E-state index in [1.807, 2.05) is 42.5 Å². The van der Waals surface area contributed by atoms with Crippen LogP contribution in [0.1, 0.15) is 75.0 Å². The summed E-state index contributed by atoms with van der Waals surface area (Å²) in [6, 6.07) is 5.98. The van der Waals surface area contributed by atoms with Crippen molar-refractivity contribution in [3.63, 3.8) is 0 Å². The van der Waals surface area contributed by atoms with Gasteiger partial charge in [0.05, 0.1) is 17.4 Å². The Balaban J connectivity index is 1.56. The van der Waals surface area contributed by atoms with Crippen molar-refractivity contribution in [2.24, 2.45) is 0 Å². The molecule has 1 fully saturated rings. The number of esters is 1. The predicted molar refractivity (Wildman–Crippen MR) is 123 cm³/mol. The maximum absolute atomic E-state index is 13.0. The van der Waals surface area contributed by atoms with Gasteiger partial charge in [-0.25, -0.2) is 9.48 Å². The number of nitrogens with zero attached hydrogens (tertiary/aromatic N) is 3. The van der Waals surface area contributed by atoms with Crippen molar-refractivity contribution >= 4 is 12.1 Å². The van der Waals surface area contributed by atoms with Crippen LogP contribution in [0.25, 0.3) is 5.69 Å². The molecule has 0 radical (unpaired) electrons. The normalized spacial score (nSPS) is 20.1. The number of nitrogens with one attached hydrogen (secondary N) is 1. The van der Waals surface area contributed by atoms with Gasteiger partial charge in [-0.1, -0.05) is 6.07 Å². The summed E-state index contributed by atoms with van der Waals surface area (Å²) in [7, 11) is 0. The molecule has 5 rings (SSSR count). The van der Waals surface area contributed by atoms with Crippen LogP contribution in [0.5, 0.6) is 5.75 Å². The van der Waals surface area contributed by atoms with E-state index >= 15 is 0 Å². The molecule has 0 spiro atoms. The number of hydrogen-bond acceptors (Lipinski definition) is 6. The van der Waals surface area contributed by atoms with Gasteiger partial charge in [-0.15, -0.1) is 0 Å². The Hall–Kier alpha value is -2.87. The molecule has 2 aromatic rings. The molecule has 1 aliphatic carbocycles. The molecule has 8 heteroatoms. The first-order chi connectivity index (χ1) is 15.7. The summed E-state index contributed by atoms with van der Waals surface area (Å²) in [5.74, 6) is 0.758. The van der Waals surface area contributed by atoms with Crippen LogP contribution in [0.15, 0.2) is 18.2 Å². The van der Waals surface area contributed by atoms with E-state index in [0.717, 1.165) is 35.6 Å². The average molecular weight is 453 g/mol. The van der Waals surface area contributed by atoms with Crippen LogP contribution in [-0.4, -0.2) is 52.0 Å². The van der Waals surface area contributed by atoms with Gasteiger partial charge >= 0.3 is 12.1 Å². The maximum atomic E-state index is 13.0. The Labute approximate surface area is 194 Å². The number of carbonyl (C=O) groups is 2. The first-order valence-corrected chi connectivity index (χ1v) is 11.8. The van der Waals surface area contributed by atoms with E-state index in [-0.39, 0.29) is 18.1 Å². The molecule has 176 valence electrons. The summed E-state index contributed by atoms with van der Waals surface area (Å²) in [5, 5.41) is 8.42. The number of carbonyl (C=O) groups excluding carboxylic acids is 2. The van der Waals surface area contributed by atoms with Crippen molar-refractivity contribution in [3.8, 4) is 11.4 Å². The fraction of sp³-hybridized carbons (Fsp3) is 0.560. The van der Waals surface area contributed by atoms with Crippen LogP contribution in [0.4, 0.5) is 4.79 Å². The first kappa shape index (κ1) is 21.9. The van der Waals surface area contributed by atoms with Crippen LogP contribution in [-0.2, 0) is 22.4 Å². The number of hydrogen-bond donors (Lipinski definition) is 1. The molecule has 3 heterocycles. The SMILES string of the molecule is CC(=O)Oc1cc(C2CC2)ccc1-n1nc2c3c1CCN(C(=O)OC(C)(C)C)[C@H]3CNCC2. The fourth-order valence-corrected chi connectivity index (χ4v) is 4.87. The zero-order chi connectivity index (χ0) is 23.3. The third-order valence-electron chi connectivity index (χ3n) is 6.42. The molecule has 1 aromatic heterocycles. The Kier molecular flexibility index (Phi) is 5.43. The van der Waals surface area contributed by atoms with Gasteiger partial charge in [-0.05, 0) is 57.2 Å². The van der Waals surface area contributed by atoms with Gasteiger partial charge in [0.2, 0.25) is 0 Å². The van der Waals surface area contributed by atoms with Crippen LogP contribution in [0.3, 0.4) is 0 Å². The number of ether oxygens (including phenoxy) is 2. The van der Waals surface area contributed by atoms with Crippen molar-refractivity contribution in [2.75, 3.05) is 19.6 Å². The monoisotopic (exact) mass is 452 g/mol. The third-order valence-corrected chi connectivity index (χ3v) is 6.42. The molecule has 33 heavy (non-hydrogen) atoms. The quantitative estimate of drug-likeness (QED) is 0.565. The number of benzene rings is 1. The summed E-state index contributed by atoms with van der Waals surface area (Å²) in [4.78, 5) is 26.7. The second-order valence-electron chi connectivity index (χ2n) is 10.2. The van der Waals surface area contributed by atoms with Crippen molar-refractivity contribution in [2.45, 2.75) is 70.9 Å². The lowest BCUT2D eigenvalue weighted by Gasteiger charge is -2.36. The summed E-state index contributed by atoms with van der Waals surface area (Å²) < 4.78 is 13.3. The van der Waals surface area contributed by atoms with Gasteiger partial charge in [0.15, 0.2) is 5.75 Å². The maximum Gasteiger partial charge on any atom is 0.410 e. The van der Waals surface area contributed by atoms with E-state index in [0.29, 0.717) is 31.2 Å². The Morgan fingerprint density at radius 2 is 1.97 bits per heavy atom. The second kappa shape index (κ2) is 8.17. The molecule has 1 N–H and O–H groups in total. The zero-order valence-electron chi connectivity index (χ0n) is 19.8. The summed E-state index contributed by atoms with van der Waals surface area (Å²) in [5.41, 5.74) is 4.58.